The van der Waals surface area contributed by atoms with Crippen LogP contribution in [0.25, 0.3) is 11.2 Å². The Morgan fingerprint density at radius 1 is 1.40 bits per heavy atom. The molecule has 0 saturated carbocycles. The molecule has 0 fully saturated rings. The van der Waals surface area contributed by atoms with Crippen molar-refractivity contribution in [2.75, 3.05) is 26.1 Å². The molecule has 0 amide bonds. The van der Waals surface area contributed by atoms with Crippen molar-refractivity contribution in [2.24, 2.45) is 0 Å². The lowest BCUT2D eigenvalue weighted by atomic mass is 10.4. The number of nitrogens with two attached hydrogens (primary N) is 1. The van der Waals surface area contributed by atoms with Gasteiger partial charge in [-0.3, -0.25) is 14.3 Å². The summed E-state index contributed by atoms with van der Waals surface area (Å²) in [6.07, 6.45) is -0.753. The number of hydrogen-bond acceptors (Lipinski definition) is 8. The van der Waals surface area contributed by atoms with Crippen molar-refractivity contribution in [3.8, 4) is 6.01 Å². The van der Waals surface area contributed by atoms with Crippen molar-refractivity contribution in [1.29, 1.82) is 0 Å². The highest BCUT2D eigenvalue weighted by molar-refractivity contribution is 5.72. The first-order chi connectivity index (χ1) is 9.60. The van der Waals surface area contributed by atoms with E-state index < -0.39 is 11.7 Å². The van der Waals surface area contributed by atoms with Gasteiger partial charge < -0.3 is 25.4 Å². The van der Waals surface area contributed by atoms with Gasteiger partial charge in [-0.25, -0.2) is 0 Å². The minimum Gasteiger partial charge on any atom is -0.468 e. The number of nitrogens with one attached hydrogen (secondary N) is 1. The number of fused-ring (bicyclic) bond motifs is 1. The number of aromatic amines is 1. The molecule has 110 valence electrons. The molecule has 0 unspecified atom stereocenters. The van der Waals surface area contributed by atoms with Gasteiger partial charge in [0.05, 0.1) is 20.3 Å². The van der Waals surface area contributed by atoms with Gasteiger partial charge in [0.25, 0.3) is 11.6 Å². The number of aliphatic hydroxyl groups is 2. The summed E-state index contributed by atoms with van der Waals surface area (Å²) >= 11 is 0. The maximum Gasteiger partial charge on any atom is 0.300 e. The standard InChI is InChI=1S/C10H15N5O5/c1-19-10-12-6-7(13-9(11)14-8(6)18)15(10)4-20-5(2-16)3-17/h5,16-17H,2-4H2,1H3,(H3,11,13,14,18)/i1-1. The third-order valence-corrected chi connectivity index (χ3v) is 2.62. The van der Waals surface area contributed by atoms with Crippen LogP contribution in [-0.2, 0) is 11.5 Å². The molecule has 2 aromatic heterocycles. The summed E-state index contributed by atoms with van der Waals surface area (Å²) in [6.45, 7) is -0.801. The molecule has 0 spiro atoms. The first-order valence-electron chi connectivity index (χ1n) is 5.74. The molecule has 2 heterocycles. The molecule has 5 N–H and O–H groups in total. The van der Waals surface area contributed by atoms with Crippen LogP contribution in [0.2, 0.25) is 0 Å². The van der Waals surface area contributed by atoms with Crippen LogP contribution in [-0.4, -0.2) is 56.2 Å². The number of aliphatic hydroxyl groups excluding tert-OH is 2. The van der Waals surface area contributed by atoms with Gasteiger partial charge in [0.1, 0.15) is 12.8 Å². The normalized spacial score (nSPS) is 11.4. The van der Waals surface area contributed by atoms with Crippen LogP contribution in [0.4, 0.5) is 5.95 Å². The van der Waals surface area contributed by atoms with Crippen LogP contribution in [0.1, 0.15) is 0 Å². The maximum atomic E-state index is 11.7. The van der Waals surface area contributed by atoms with Crippen LogP contribution in [0.15, 0.2) is 4.79 Å². The van der Waals surface area contributed by atoms with Crippen molar-refractivity contribution in [1.82, 2.24) is 19.5 Å². The number of anilines is 1. The van der Waals surface area contributed by atoms with Crippen molar-refractivity contribution in [2.45, 2.75) is 12.8 Å². The smallest absolute Gasteiger partial charge is 0.300 e. The summed E-state index contributed by atoms with van der Waals surface area (Å²) in [6, 6.07) is 0.109. The molecule has 2 rings (SSSR count). The second kappa shape index (κ2) is 5.86. The van der Waals surface area contributed by atoms with Crippen molar-refractivity contribution in [3.63, 3.8) is 0 Å². The van der Waals surface area contributed by atoms with E-state index in [1.807, 2.05) is 0 Å². The van der Waals surface area contributed by atoms with E-state index in [1.165, 1.54) is 11.7 Å². The highest BCUT2D eigenvalue weighted by Gasteiger charge is 2.17. The molecular formula is C10H15N5O5. The minimum atomic E-state index is -0.753. The monoisotopic (exact) mass is 284 g/mol. The first-order valence-corrected chi connectivity index (χ1v) is 5.74. The topological polar surface area (TPSA) is 149 Å². The van der Waals surface area contributed by atoms with Gasteiger partial charge in [0, 0.05) is 0 Å². The van der Waals surface area contributed by atoms with Crippen LogP contribution >= 0.6 is 0 Å². The number of aromatic nitrogens is 4. The summed E-state index contributed by atoms with van der Waals surface area (Å²) in [4.78, 5) is 22.0. The summed E-state index contributed by atoms with van der Waals surface area (Å²) < 4.78 is 11.7. The zero-order valence-electron chi connectivity index (χ0n) is 10.7. The number of ether oxygens (including phenoxy) is 2. The summed E-state index contributed by atoms with van der Waals surface area (Å²) in [5.74, 6) is -0.0628. The number of rotatable bonds is 6. The highest BCUT2D eigenvalue weighted by atomic mass is 16.5. The fourth-order valence-electron chi connectivity index (χ4n) is 1.62. The van der Waals surface area contributed by atoms with Gasteiger partial charge >= 0.3 is 0 Å². The quantitative estimate of drug-likeness (QED) is 0.477. The second-order valence-corrected chi connectivity index (χ2v) is 3.93. The Labute approximate surface area is 112 Å². The zero-order chi connectivity index (χ0) is 14.7. The Kier molecular flexibility index (Phi) is 4.17. The molecule has 0 bridgehead atoms. The van der Waals surface area contributed by atoms with Crippen LogP contribution in [0, 0.1) is 0 Å². The van der Waals surface area contributed by atoms with Crippen molar-refractivity contribution in [3.05, 3.63) is 10.4 Å². The average molecular weight is 284 g/mol. The Morgan fingerprint density at radius 2 is 2.10 bits per heavy atom. The predicted molar refractivity (Wildman–Crippen MR) is 68.2 cm³/mol. The lowest BCUT2D eigenvalue weighted by Crippen LogP contribution is -2.23. The molecule has 0 aromatic carbocycles. The molecule has 0 aliphatic heterocycles. The molecule has 2 aromatic rings. The Hall–Kier alpha value is -2.17. The third-order valence-electron chi connectivity index (χ3n) is 2.62. The van der Waals surface area contributed by atoms with Gasteiger partial charge in [0.15, 0.2) is 11.2 Å². The molecule has 0 aliphatic rings. The molecule has 0 atom stereocenters. The highest BCUT2D eigenvalue weighted by Crippen LogP contribution is 2.17. The molecule has 20 heavy (non-hydrogen) atoms. The molecule has 0 saturated heterocycles. The third kappa shape index (κ3) is 2.57. The summed E-state index contributed by atoms with van der Waals surface area (Å²) in [5.41, 5.74) is 5.24. The lowest BCUT2D eigenvalue weighted by Gasteiger charge is -2.14. The fourth-order valence-corrected chi connectivity index (χ4v) is 1.62. The van der Waals surface area contributed by atoms with E-state index in [0.29, 0.717) is 0 Å². The number of imidazole rings is 1. The van der Waals surface area contributed by atoms with E-state index in [9.17, 15) is 4.79 Å². The Morgan fingerprint density at radius 3 is 2.70 bits per heavy atom. The van der Waals surface area contributed by atoms with Gasteiger partial charge in [0.2, 0.25) is 5.95 Å². The molecule has 10 nitrogen and oxygen atoms in total. The number of nitrogen functional groups attached to an aromatic ring is 1. The Balaban J connectivity index is 2.42. The fraction of sp³-hybridized carbons (Fsp3) is 0.500. The summed E-state index contributed by atoms with van der Waals surface area (Å²) in [5, 5.41) is 17.9. The van der Waals surface area contributed by atoms with Crippen LogP contribution < -0.4 is 16.0 Å². The van der Waals surface area contributed by atoms with Gasteiger partial charge in [-0.1, -0.05) is 0 Å². The molecule has 10 heteroatoms. The molecule has 0 aliphatic carbocycles. The number of methoxy groups -OCH3 is 1. The van der Waals surface area contributed by atoms with E-state index in [2.05, 4.69) is 15.0 Å². The van der Waals surface area contributed by atoms with E-state index in [4.69, 9.17) is 25.4 Å². The van der Waals surface area contributed by atoms with Crippen molar-refractivity contribution >= 4 is 17.1 Å². The van der Waals surface area contributed by atoms with Crippen LogP contribution in [0.5, 0.6) is 6.01 Å². The molecular weight excluding hydrogens is 269 g/mol. The van der Waals surface area contributed by atoms with Gasteiger partial charge in [-0.05, 0) is 0 Å². The minimum absolute atomic E-state index is 0.0594. The average Bonchev–Trinajstić information content (AvgIpc) is 2.78. The predicted octanol–water partition coefficient (Wildman–Crippen LogP) is -1.96. The van der Waals surface area contributed by atoms with E-state index >= 15 is 0 Å². The Bertz CT molecular complexity index is 647. The van der Waals surface area contributed by atoms with E-state index in [1.54, 1.807) is 0 Å². The van der Waals surface area contributed by atoms with Gasteiger partial charge in [-0.15, -0.1) is 0 Å². The first kappa shape index (κ1) is 14.2. The molecule has 0 radical (unpaired) electrons. The lowest BCUT2D eigenvalue weighted by molar-refractivity contribution is -0.0505. The van der Waals surface area contributed by atoms with Gasteiger partial charge in [-0.2, -0.15) is 9.97 Å². The van der Waals surface area contributed by atoms with Crippen molar-refractivity contribution < 1.29 is 19.7 Å². The second-order valence-electron chi connectivity index (χ2n) is 3.93. The number of H-pyrrole nitrogens is 1. The van der Waals surface area contributed by atoms with E-state index in [0.717, 1.165) is 0 Å². The number of hydrogen-bond donors (Lipinski definition) is 4. The van der Waals surface area contributed by atoms with Crippen LogP contribution in [0.3, 0.4) is 0 Å². The maximum absolute atomic E-state index is 11.7. The number of nitrogens with zero attached hydrogens (tertiary/aromatic N) is 3. The summed E-state index contributed by atoms with van der Waals surface area (Å²) in [7, 11) is 1.38. The SMILES string of the molecule is [11CH3]Oc1nc2c(=O)[nH]c(N)nc2n1COC(CO)CO. The largest absolute Gasteiger partial charge is 0.468 e. The zero-order valence-corrected chi connectivity index (χ0v) is 10.7. The van der Waals surface area contributed by atoms with E-state index in [-0.39, 0.29) is 43.1 Å².